The molecule has 0 bridgehead atoms. The molecule has 1 aromatic carbocycles. The SMILES string of the molecule is Cc1cc(C)cc(Nc2nc(C)cc(=O)n2CC(=O)N2C[C@@H](C)C[C@H](C)C2)c1. The minimum Gasteiger partial charge on any atom is -0.341 e. The predicted octanol–water partition coefficient (Wildman–Crippen LogP) is 3.42. The highest BCUT2D eigenvalue weighted by Gasteiger charge is 2.26. The number of hydrogen-bond donors (Lipinski definition) is 1. The first-order valence-corrected chi connectivity index (χ1v) is 9.93. The van der Waals surface area contributed by atoms with Crippen LogP contribution in [0.5, 0.6) is 0 Å². The highest BCUT2D eigenvalue weighted by Crippen LogP contribution is 2.22. The predicted molar refractivity (Wildman–Crippen MR) is 112 cm³/mol. The zero-order valence-electron chi connectivity index (χ0n) is 17.5. The van der Waals surface area contributed by atoms with Crippen molar-refractivity contribution in [3.05, 3.63) is 51.4 Å². The normalized spacial score (nSPS) is 19.5. The van der Waals surface area contributed by atoms with Gasteiger partial charge in [0.05, 0.1) is 0 Å². The van der Waals surface area contributed by atoms with Crippen LogP contribution in [0.4, 0.5) is 11.6 Å². The second kappa shape index (κ2) is 8.17. The highest BCUT2D eigenvalue weighted by molar-refractivity contribution is 5.76. The van der Waals surface area contributed by atoms with Crippen LogP contribution >= 0.6 is 0 Å². The van der Waals surface area contributed by atoms with Crippen LogP contribution in [-0.2, 0) is 11.3 Å². The van der Waals surface area contributed by atoms with Crippen LogP contribution in [0.15, 0.2) is 29.1 Å². The molecule has 1 saturated heterocycles. The van der Waals surface area contributed by atoms with E-state index in [2.05, 4.69) is 30.2 Å². The molecular weight excluding hydrogens is 352 g/mol. The summed E-state index contributed by atoms with van der Waals surface area (Å²) in [6.45, 7) is 11.7. The Balaban J connectivity index is 1.88. The molecule has 1 aliphatic heterocycles. The fourth-order valence-corrected chi connectivity index (χ4v) is 4.15. The van der Waals surface area contributed by atoms with Gasteiger partial charge in [0.2, 0.25) is 11.9 Å². The molecule has 0 saturated carbocycles. The van der Waals surface area contributed by atoms with Gasteiger partial charge in [0.1, 0.15) is 6.54 Å². The van der Waals surface area contributed by atoms with Crippen molar-refractivity contribution in [2.24, 2.45) is 11.8 Å². The van der Waals surface area contributed by atoms with Crippen LogP contribution in [0.25, 0.3) is 0 Å². The van der Waals surface area contributed by atoms with Gasteiger partial charge in [-0.05, 0) is 62.3 Å². The van der Waals surface area contributed by atoms with E-state index in [0.717, 1.165) is 36.3 Å². The van der Waals surface area contributed by atoms with Crippen molar-refractivity contribution in [3.63, 3.8) is 0 Å². The average Bonchev–Trinajstić information content (AvgIpc) is 2.56. The van der Waals surface area contributed by atoms with E-state index in [4.69, 9.17) is 0 Å². The summed E-state index contributed by atoms with van der Waals surface area (Å²) < 4.78 is 1.44. The first-order chi connectivity index (χ1) is 13.2. The van der Waals surface area contributed by atoms with E-state index >= 15 is 0 Å². The maximum absolute atomic E-state index is 12.9. The van der Waals surface area contributed by atoms with Crippen molar-refractivity contribution in [2.45, 2.75) is 47.6 Å². The Bertz CT molecular complexity index is 904. The van der Waals surface area contributed by atoms with Gasteiger partial charge < -0.3 is 10.2 Å². The molecule has 1 amide bonds. The summed E-state index contributed by atoms with van der Waals surface area (Å²) in [6.07, 6.45) is 1.13. The number of aryl methyl sites for hydroxylation is 3. The lowest BCUT2D eigenvalue weighted by Crippen LogP contribution is -2.45. The van der Waals surface area contributed by atoms with Crippen LogP contribution in [0.2, 0.25) is 0 Å². The number of nitrogens with zero attached hydrogens (tertiary/aromatic N) is 3. The van der Waals surface area contributed by atoms with E-state index in [0.29, 0.717) is 23.5 Å². The molecule has 2 heterocycles. The molecule has 1 aromatic heterocycles. The Labute approximate surface area is 166 Å². The third-order valence-corrected chi connectivity index (χ3v) is 5.13. The molecular formula is C22H30N4O2. The minimum absolute atomic E-state index is 0.00131. The number of amides is 1. The standard InChI is InChI=1S/C22H30N4O2/c1-14-6-15(2)9-19(8-14)24-22-23-18(5)10-20(27)26(22)13-21(28)25-11-16(3)7-17(4)12-25/h6,8-10,16-17H,7,11-13H2,1-5H3,(H,23,24)/t16-,17-/m0/s1. The lowest BCUT2D eigenvalue weighted by molar-refractivity contribution is -0.134. The summed E-state index contributed by atoms with van der Waals surface area (Å²) in [7, 11) is 0. The second-order valence-electron chi connectivity index (χ2n) is 8.39. The van der Waals surface area contributed by atoms with Gasteiger partial charge in [0, 0.05) is 30.5 Å². The van der Waals surface area contributed by atoms with Crippen molar-refractivity contribution in [1.29, 1.82) is 0 Å². The fraction of sp³-hybridized carbons (Fsp3) is 0.500. The second-order valence-corrected chi connectivity index (χ2v) is 8.39. The Morgan fingerprint density at radius 1 is 1.07 bits per heavy atom. The molecule has 0 unspecified atom stereocenters. The Morgan fingerprint density at radius 2 is 1.68 bits per heavy atom. The van der Waals surface area contributed by atoms with Crippen LogP contribution in [0.3, 0.4) is 0 Å². The van der Waals surface area contributed by atoms with Gasteiger partial charge in [0.25, 0.3) is 5.56 Å². The molecule has 0 aliphatic carbocycles. The summed E-state index contributed by atoms with van der Waals surface area (Å²) in [5.41, 5.74) is 3.51. The number of carbonyl (C=O) groups is 1. The van der Waals surface area contributed by atoms with Crippen LogP contribution in [0.1, 0.15) is 37.1 Å². The summed E-state index contributed by atoms with van der Waals surface area (Å²) in [5.74, 6) is 1.33. The lowest BCUT2D eigenvalue weighted by Gasteiger charge is -2.35. The van der Waals surface area contributed by atoms with Crippen molar-refractivity contribution >= 4 is 17.5 Å². The van der Waals surface area contributed by atoms with Crippen LogP contribution in [-0.4, -0.2) is 33.4 Å². The lowest BCUT2D eigenvalue weighted by atomic mass is 9.92. The molecule has 1 N–H and O–H groups in total. The van der Waals surface area contributed by atoms with E-state index in [1.165, 1.54) is 10.6 Å². The zero-order valence-corrected chi connectivity index (χ0v) is 17.5. The van der Waals surface area contributed by atoms with E-state index in [1.54, 1.807) is 6.92 Å². The number of piperidine rings is 1. The smallest absolute Gasteiger partial charge is 0.255 e. The van der Waals surface area contributed by atoms with Gasteiger partial charge in [-0.25, -0.2) is 4.98 Å². The van der Waals surface area contributed by atoms with Gasteiger partial charge in [-0.15, -0.1) is 0 Å². The Kier molecular flexibility index (Phi) is 5.87. The molecule has 150 valence electrons. The van der Waals surface area contributed by atoms with Crippen molar-refractivity contribution < 1.29 is 4.79 Å². The summed E-state index contributed by atoms with van der Waals surface area (Å²) in [6, 6.07) is 7.56. The van der Waals surface area contributed by atoms with Crippen LogP contribution in [0, 0.1) is 32.6 Å². The molecule has 0 radical (unpaired) electrons. The molecule has 0 spiro atoms. The molecule has 6 nitrogen and oxygen atoms in total. The summed E-state index contributed by atoms with van der Waals surface area (Å²) in [5, 5.41) is 3.24. The topological polar surface area (TPSA) is 67.2 Å². The van der Waals surface area contributed by atoms with Gasteiger partial charge in [-0.2, -0.15) is 0 Å². The number of likely N-dealkylation sites (tertiary alicyclic amines) is 1. The number of hydrogen-bond acceptors (Lipinski definition) is 4. The molecule has 28 heavy (non-hydrogen) atoms. The van der Waals surface area contributed by atoms with E-state index < -0.39 is 0 Å². The third kappa shape index (κ3) is 4.80. The molecule has 1 aliphatic rings. The van der Waals surface area contributed by atoms with Crippen molar-refractivity contribution in [2.75, 3.05) is 18.4 Å². The van der Waals surface area contributed by atoms with Gasteiger partial charge in [0.15, 0.2) is 0 Å². The monoisotopic (exact) mass is 382 g/mol. The molecule has 3 rings (SSSR count). The van der Waals surface area contributed by atoms with Crippen molar-refractivity contribution in [3.8, 4) is 0 Å². The van der Waals surface area contributed by atoms with Crippen molar-refractivity contribution in [1.82, 2.24) is 14.5 Å². The quantitative estimate of drug-likeness (QED) is 0.880. The van der Waals surface area contributed by atoms with Gasteiger partial charge in [-0.3, -0.25) is 14.2 Å². The van der Waals surface area contributed by atoms with E-state index in [1.807, 2.05) is 30.9 Å². The Morgan fingerprint density at radius 3 is 2.29 bits per heavy atom. The number of aromatic nitrogens is 2. The number of anilines is 2. The number of nitrogens with one attached hydrogen (secondary N) is 1. The maximum Gasteiger partial charge on any atom is 0.255 e. The van der Waals surface area contributed by atoms with E-state index in [-0.39, 0.29) is 18.0 Å². The summed E-state index contributed by atoms with van der Waals surface area (Å²) in [4.78, 5) is 31.9. The van der Waals surface area contributed by atoms with Crippen LogP contribution < -0.4 is 10.9 Å². The summed E-state index contributed by atoms with van der Waals surface area (Å²) >= 11 is 0. The molecule has 1 fully saturated rings. The fourth-order valence-electron chi connectivity index (χ4n) is 4.15. The highest BCUT2D eigenvalue weighted by atomic mass is 16.2. The average molecular weight is 383 g/mol. The first-order valence-electron chi connectivity index (χ1n) is 9.93. The molecule has 2 atom stereocenters. The van der Waals surface area contributed by atoms with E-state index in [9.17, 15) is 9.59 Å². The number of carbonyl (C=O) groups excluding carboxylic acids is 1. The third-order valence-electron chi connectivity index (χ3n) is 5.13. The first kappa shape index (κ1) is 20.1. The largest absolute Gasteiger partial charge is 0.341 e. The molecule has 2 aromatic rings. The molecule has 6 heteroatoms. The Hall–Kier alpha value is -2.63. The number of benzene rings is 1. The zero-order chi connectivity index (χ0) is 20.4. The number of rotatable bonds is 4. The van der Waals surface area contributed by atoms with Gasteiger partial charge in [-0.1, -0.05) is 19.9 Å². The van der Waals surface area contributed by atoms with Gasteiger partial charge >= 0.3 is 0 Å². The minimum atomic E-state index is -0.217. The maximum atomic E-state index is 12.9.